The van der Waals surface area contributed by atoms with Gasteiger partial charge in [0.25, 0.3) is 0 Å². The van der Waals surface area contributed by atoms with Crippen molar-refractivity contribution >= 4 is 5.96 Å². The van der Waals surface area contributed by atoms with E-state index >= 15 is 0 Å². The molecule has 2 aromatic rings. The molecule has 0 aliphatic heterocycles. The number of nitrogens with zero attached hydrogens (tertiary/aromatic N) is 3. The molecule has 7 nitrogen and oxygen atoms in total. The number of rotatable bonds is 11. The lowest BCUT2D eigenvalue weighted by Crippen LogP contribution is -2.36. The van der Waals surface area contributed by atoms with Gasteiger partial charge in [0.1, 0.15) is 18.1 Å². The number of hydrogen-bond acceptors (Lipinski definition) is 5. The van der Waals surface area contributed by atoms with E-state index in [1.54, 1.807) is 0 Å². The van der Waals surface area contributed by atoms with Crippen molar-refractivity contribution in [2.45, 2.75) is 47.7 Å². The molecular weight excluding hydrogens is 366 g/mol. The van der Waals surface area contributed by atoms with Gasteiger partial charge in [-0.05, 0) is 39.9 Å². The van der Waals surface area contributed by atoms with Gasteiger partial charge in [-0.1, -0.05) is 32.0 Å². The summed E-state index contributed by atoms with van der Waals surface area (Å²) in [5, 5.41) is 6.53. The molecule has 0 radical (unpaired) electrons. The predicted molar refractivity (Wildman–Crippen MR) is 117 cm³/mol. The zero-order valence-electron chi connectivity index (χ0n) is 18.4. The summed E-state index contributed by atoms with van der Waals surface area (Å²) in [6.07, 6.45) is 0. The number of oxazole rings is 1. The largest absolute Gasteiger partial charge is 0.492 e. The molecule has 160 valence electrons. The van der Waals surface area contributed by atoms with Crippen LogP contribution in [-0.4, -0.2) is 48.6 Å². The van der Waals surface area contributed by atoms with Crippen LogP contribution in [0.1, 0.15) is 43.7 Å². The number of benzene rings is 1. The Bertz CT molecular complexity index is 749. The van der Waals surface area contributed by atoms with Crippen LogP contribution < -0.4 is 15.4 Å². The van der Waals surface area contributed by atoms with Crippen LogP contribution in [0.15, 0.2) is 33.7 Å². The van der Waals surface area contributed by atoms with Crippen LogP contribution in [0.4, 0.5) is 0 Å². The Hall–Kier alpha value is -2.54. The summed E-state index contributed by atoms with van der Waals surface area (Å²) in [4.78, 5) is 11.4. The number of para-hydroxylation sites is 1. The Kier molecular flexibility index (Phi) is 9.50. The number of ether oxygens (including phenoxy) is 1. The van der Waals surface area contributed by atoms with Crippen molar-refractivity contribution in [1.82, 2.24) is 20.5 Å². The minimum atomic E-state index is 0.489. The third-order valence-electron chi connectivity index (χ3n) is 4.76. The maximum atomic E-state index is 6.03. The van der Waals surface area contributed by atoms with E-state index in [4.69, 9.17) is 14.1 Å². The molecule has 1 heterocycles. The number of aryl methyl sites for hydroxylation is 2. The van der Waals surface area contributed by atoms with Crippen LogP contribution in [0.5, 0.6) is 5.75 Å². The third kappa shape index (κ3) is 7.42. The molecule has 0 unspecified atom stereocenters. The first-order valence-corrected chi connectivity index (χ1v) is 10.4. The van der Waals surface area contributed by atoms with Gasteiger partial charge in [0, 0.05) is 18.7 Å². The second-order valence-corrected chi connectivity index (χ2v) is 6.78. The number of aliphatic imine (C=N–C) groups is 1. The van der Waals surface area contributed by atoms with Crippen molar-refractivity contribution in [3.05, 3.63) is 47.2 Å². The first-order chi connectivity index (χ1) is 14.1. The van der Waals surface area contributed by atoms with Crippen LogP contribution in [0, 0.1) is 13.8 Å². The zero-order valence-corrected chi connectivity index (χ0v) is 18.4. The van der Waals surface area contributed by atoms with E-state index in [2.05, 4.69) is 40.4 Å². The minimum Gasteiger partial charge on any atom is -0.492 e. The van der Waals surface area contributed by atoms with Gasteiger partial charge in [-0.25, -0.2) is 9.98 Å². The van der Waals surface area contributed by atoms with Crippen molar-refractivity contribution < 1.29 is 9.15 Å². The average molecular weight is 402 g/mol. The van der Waals surface area contributed by atoms with E-state index in [0.29, 0.717) is 25.6 Å². The molecular formula is C22H35N5O2. The molecule has 7 heteroatoms. The molecule has 1 aromatic heterocycles. The van der Waals surface area contributed by atoms with Crippen molar-refractivity contribution in [3.8, 4) is 5.75 Å². The van der Waals surface area contributed by atoms with E-state index in [-0.39, 0.29) is 0 Å². The normalized spacial score (nSPS) is 11.7. The molecule has 0 spiro atoms. The second kappa shape index (κ2) is 12.1. The predicted octanol–water partition coefficient (Wildman–Crippen LogP) is 3.27. The molecule has 0 saturated carbocycles. The summed E-state index contributed by atoms with van der Waals surface area (Å²) >= 11 is 0. The number of nitrogens with one attached hydrogen (secondary N) is 2. The summed E-state index contributed by atoms with van der Waals surface area (Å²) in [5.41, 5.74) is 1.98. The van der Waals surface area contributed by atoms with E-state index in [1.807, 2.05) is 39.0 Å². The maximum Gasteiger partial charge on any atom is 0.214 e. The van der Waals surface area contributed by atoms with E-state index in [9.17, 15) is 0 Å². The smallest absolute Gasteiger partial charge is 0.214 e. The fourth-order valence-corrected chi connectivity index (χ4v) is 2.88. The molecule has 0 atom stereocenters. The molecule has 0 aliphatic rings. The van der Waals surface area contributed by atoms with Crippen LogP contribution in [0.2, 0.25) is 0 Å². The fourth-order valence-electron chi connectivity index (χ4n) is 2.88. The quantitative estimate of drug-likeness (QED) is 0.445. The molecule has 0 aliphatic carbocycles. The van der Waals surface area contributed by atoms with E-state index in [1.165, 1.54) is 0 Å². The molecule has 0 amide bonds. The number of hydrogen-bond donors (Lipinski definition) is 2. The van der Waals surface area contributed by atoms with Gasteiger partial charge in [0.15, 0.2) is 5.96 Å². The molecule has 0 saturated heterocycles. The highest BCUT2D eigenvalue weighted by Gasteiger charge is 2.08. The second-order valence-electron chi connectivity index (χ2n) is 6.78. The van der Waals surface area contributed by atoms with Gasteiger partial charge in [-0.15, -0.1) is 0 Å². The lowest BCUT2D eigenvalue weighted by molar-refractivity contribution is 0.221. The first kappa shape index (κ1) is 22.7. The summed E-state index contributed by atoms with van der Waals surface area (Å²) in [5.74, 6) is 3.11. The summed E-state index contributed by atoms with van der Waals surface area (Å²) in [6.45, 7) is 15.7. The van der Waals surface area contributed by atoms with Gasteiger partial charge in [0.05, 0.1) is 18.8 Å². The Balaban J connectivity index is 1.97. The van der Waals surface area contributed by atoms with E-state index < -0.39 is 0 Å². The molecule has 1 aromatic carbocycles. The van der Waals surface area contributed by atoms with Crippen LogP contribution in [-0.2, 0) is 13.1 Å². The van der Waals surface area contributed by atoms with Crippen molar-refractivity contribution in [2.75, 3.05) is 32.8 Å². The summed E-state index contributed by atoms with van der Waals surface area (Å²) in [7, 11) is 0. The number of guanidine groups is 1. The molecule has 0 fully saturated rings. The third-order valence-corrected chi connectivity index (χ3v) is 4.76. The first-order valence-electron chi connectivity index (χ1n) is 10.4. The Morgan fingerprint density at radius 1 is 1.14 bits per heavy atom. The fraction of sp³-hybridized carbons (Fsp3) is 0.545. The van der Waals surface area contributed by atoms with Crippen LogP contribution >= 0.6 is 0 Å². The zero-order chi connectivity index (χ0) is 21.1. The monoisotopic (exact) mass is 401 g/mol. The van der Waals surface area contributed by atoms with Gasteiger partial charge in [-0.3, -0.25) is 0 Å². The van der Waals surface area contributed by atoms with Crippen LogP contribution in [0.25, 0.3) is 0 Å². The van der Waals surface area contributed by atoms with Gasteiger partial charge < -0.3 is 24.7 Å². The maximum absolute atomic E-state index is 6.03. The highest BCUT2D eigenvalue weighted by Crippen LogP contribution is 2.19. The van der Waals surface area contributed by atoms with Crippen molar-refractivity contribution in [2.24, 2.45) is 4.99 Å². The lowest BCUT2D eigenvalue weighted by atomic mass is 10.2. The van der Waals surface area contributed by atoms with Gasteiger partial charge in [-0.2, -0.15) is 0 Å². The van der Waals surface area contributed by atoms with Crippen LogP contribution in [0.3, 0.4) is 0 Å². The minimum absolute atomic E-state index is 0.489. The lowest BCUT2D eigenvalue weighted by Gasteiger charge is -2.18. The summed E-state index contributed by atoms with van der Waals surface area (Å²) < 4.78 is 11.7. The highest BCUT2D eigenvalue weighted by atomic mass is 16.5. The molecule has 0 bridgehead atoms. The Labute approximate surface area is 174 Å². The highest BCUT2D eigenvalue weighted by molar-refractivity contribution is 5.79. The topological polar surface area (TPSA) is 74.9 Å². The molecule has 29 heavy (non-hydrogen) atoms. The molecule has 2 rings (SSSR count). The standard InChI is InChI=1S/C22H35N5O2/c1-6-23-22(25-16-21-26-17(4)18(5)29-21)24-15-19-11-9-10-12-20(19)28-14-13-27(7-2)8-3/h9-12H,6-8,13-16H2,1-5H3,(H2,23,24,25). The SMILES string of the molecule is CCNC(=NCc1ccccc1OCCN(CC)CC)NCc1nc(C)c(C)o1. The Morgan fingerprint density at radius 3 is 2.55 bits per heavy atom. The van der Waals surface area contributed by atoms with Gasteiger partial charge in [0.2, 0.25) is 5.89 Å². The summed E-state index contributed by atoms with van der Waals surface area (Å²) in [6, 6.07) is 8.07. The Morgan fingerprint density at radius 2 is 1.90 bits per heavy atom. The average Bonchev–Trinajstić information content (AvgIpc) is 3.05. The van der Waals surface area contributed by atoms with Crippen molar-refractivity contribution in [3.63, 3.8) is 0 Å². The number of likely N-dealkylation sites (N-methyl/N-ethyl adjacent to an activating group) is 1. The van der Waals surface area contributed by atoms with E-state index in [0.717, 1.165) is 54.9 Å². The molecule has 2 N–H and O–H groups in total. The number of aromatic nitrogens is 1. The van der Waals surface area contributed by atoms with Crippen molar-refractivity contribution in [1.29, 1.82) is 0 Å². The van der Waals surface area contributed by atoms with Gasteiger partial charge >= 0.3 is 0 Å².